The van der Waals surface area contributed by atoms with Crippen molar-refractivity contribution in [1.29, 1.82) is 0 Å². The summed E-state index contributed by atoms with van der Waals surface area (Å²) in [5, 5.41) is 10.4. The van der Waals surface area contributed by atoms with Crippen molar-refractivity contribution in [3.05, 3.63) is 118 Å². The molecule has 0 saturated carbocycles. The number of hydrogen-bond acceptors (Lipinski definition) is 5. The van der Waals surface area contributed by atoms with Crippen LogP contribution in [0.1, 0.15) is 26.4 Å². The number of anilines is 2. The molecule has 0 unspecified atom stereocenters. The fraction of sp³-hybridized carbons (Fsp3) is 0.100. The van der Waals surface area contributed by atoms with Gasteiger partial charge in [-0.05, 0) is 85.0 Å². The van der Waals surface area contributed by atoms with Crippen LogP contribution < -0.4 is 16.0 Å². The zero-order valence-electron chi connectivity index (χ0n) is 21.0. The summed E-state index contributed by atoms with van der Waals surface area (Å²) >= 11 is 2.87. The Kier molecular flexibility index (Phi) is 9.13. The minimum Gasteiger partial charge on any atom is -0.325 e. The van der Waals surface area contributed by atoms with Crippen molar-refractivity contribution >= 4 is 58.3 Å². The molecule has 8 heteroatoms. The maximum absolute atomic E-state index is 13.1. The Labute approximate surface area is 230 Å². The first-order valence-corrected chi connectivity index (χ1v) is 13.8. The zero-order chi connectivity index (χ0) is 26.9. The molecule has 0 bridgehead atoms. The Morgan fingerprint density at radius 3 is 2.32 bits per heavy atom. The molecule has 0 aliphatic carbocycles. The second kappa shape index (κ2) is 12.9. The van der Waals surface area contributed by atoms with Crippen LogP contribution in [-0.4, -0.2) is 23.5 Å². The number of carbonyl (C=O) groups is 3. The molecule has 0 fully saturated rings. The first kappa shape index (κ1) is 26.9. The summed E-state index contributed by atoms with van der Waals surface area (Å²) in [6.45, 7) is 4.00. The minimum absolute atomic E-state index is 0.0846. The van der Waals surface area contributed by atoms with Crippen molar-refractivity contribution in [1.82, 2.24) is 5.32 Å². The minimum atomic E-state index is -0.434. The van der Waals surface area contributed by atoms with Crippen LogP contribution in [0.25, 0.3) is 6.08 Å². The van der Waals surface area contributed by atoms with Crippen molar-refractivity contribution < 1.29 is 14.4 Å². The summed E-state index contributed by atoms with van der Waals surface area (Å²) in [5.74, 6) is -0.623. The summed E-state index contributed by atoms with van der Waals surface area (Å²) in [4.78, 5) is 39.9. The van der Waals surface area contributed by atoms with Crippen LogP contribution in [-0.2, 0) is 9.59 Å². The Balaban J connectivity index is 1.37. The van der Waals surface area contributed by atoms with Crippen LogP contribution in [0.3, 0.4) is 0 Å². The maximum atomic E-state index is 13.1. The standard InChI is InChI=1S/C30H27N3O3S2/c1-20-8-6-12-26(21(20)2)32-28(34)19-38-24-15-13-23(14-16-24)31-30(36)27(18-25-11-7-17-37-25)33-29(35)22-9-4-3-5-10-22/h3-18H,19H2,1-2H3,(H,31,36)(H,32,34)(H,33,35)/b27-18-. The summed E-state index contributed by atoms with van der Waals surface area (Å²) in [6, 6.07) is 25.5. The van der Waals surface area contributed by atoms with Crippen LogP contribution >= 0.6 is 23.1 Å². The summed E-state index contributed by atoms with van der Waals surface area (Å²) in [6.07, 6.45) is 1.65. The number of aryl methyl sites for hydroxylation is 1. The van der Waals surface area contributed by atoms with Gasteiger partial charge in [-0.1, -0.05) is 36.4 Å². The highest BCUT2D eigenvalue weighted by atomic mass is 32.2. The second-order valence-electron chi connectivity index (χ2n) is 8.46. The molecule has 0 aliphatic heterocycles. The van der Waals surface area contributed by atoms with Gasteiger partial charge in [-0.25, -0.2) is 0 Å². The number of thiophene rings is 1. The van der Waals surface area contributed by atoms with E-state index in [1.54, 1.807) is 42.5 Å². The molecule has 192 valence electrons. The molecule has 0 saturated heterocycles. The molecule has 38 heavy (non-hydrogen) atoms. The summed E-state index contributed by atoms with van der Waals surface area (Å²) < 4.78 is 0. The highest BCUT2D eigenvalue weighted by molar-refractivity contribution is 8.00. The van der Waals surface area contributed by atoms with E-state index in [1.807, 2.05) is 67.8 Å². The molecule has 3 N–H and O–H groups in total. The highest BCUT2D eigenvalue weighted by Gasteiger charge is 2.15. The van der Waals surface area contributed by atoms with Gasteiger partial charge in [0, 0.05) is 26.7 Å². The molecule has 0 atom stereocenters. The smallest absolute Gasteiger partial charge is 0.272 e. The first-order chi connectivity index (χ1) is 18.4. The number of benzene rings is 3. The lowest BCUT2D eigenvalue weighted by Gasteiger charge is -2.12. The first-order valence-electron chi connectivity index (χ1n) is 11.9. The Morgan fingerprint density at radius 2 is 1.61 bits per heavy atom. The molecule has 3 aromatic carbocycles. The van der Waals surface area contributed by atoms with Gasteiger partial charge in [-0.3, -0.25) is 14.4 Å². The van der Waals surface area contributed by atoms with Crippen molar-refractivity contribution in [2.24, 2.45) is 0 Å². The third-order valence-corrected chi connectivity index (χ3v) is 7.55. The molecule has 0 aliphatic rings. The fourth-order valence-electron chi connectivity index (χ4n) is 3.51. The van der Waals surface area contributed by atoms with E-state index in [9.17, 15) is 14.4 Å². The number of carbonyl (C=O) groups excluding carboxylic acids is 3. The van der Waals surface area contributed by atoms with Crippen molar-refractivity contribution in [3.63, 3.8) is 0 Å². The van der Waals surface area contributed by atoms with E-state index >= 15 is 0 Å². The van der Waals surface area contributed by atoms with Gasteiger partial charge in [0.15, 0.2) is 0 Å². The highest BCUT2D eigenvalue weighted by Crippen LogP contribution is 2.23. The maximum Gasteiger partial charge on any atom is 0.272 e. The van der Waals surface area contributed by atoms with E-state index in [-0.39, 0.29) is 23.3 Å². The molecule has 0 radical (unpaired) electrons. The average Bonchev–Trinajstić information content (AvgIpc) is 3.44. The normalized spacial score (nSPS) is 11.1. The third-order valence-electron chi connectivity index (χ3n) is 5.72. The van der Waals surface area contributed by atoms with Crippen LogP contribution in [0.5, 0.6) is 0 Å². The van der Waals surface area contributed by atoms with Crippen LogP contribution in [0.2, 0.25) is 0 Å². The van der Waals surface area contributed by atoms with Gasteiger partial charge in [0.1, 0.15) is 5.70 Å². The largest absolute Gasteiger partial charge is 0.325 e. The van der Waals surface area contributed by atoms with Gasteiger partial charge in [-0.15, -0.1) is 23.1 Å². The SMILES string of the molecule is Cc1cccc(NC(=O)CSc2ccc(NC(=O)/C(=C/c3cccs3)NC(=O)c3ccccc3)cc2)c1C. The van der Waals surface area contributed by atoms with Crippen molar-refractivity contribution in [2.75, 3.05) is 16.4 Å². The van der Waals surface area contributed by atoms with E-state index in [0.717, 1.165) is 26.6 Å². The topological polar surface area (TPSA) is 87.3 Å². The van der Waals surface area contributed by atoms with Gasteiger partial charge >= 0.3 is 0 Å². The Morgan fingerprint density at radius 1 is 0.842 bits per heavy atom. The van der Waals surface area contributed by atoms with Crippen molar-refractivity contribution in [2.45, 2.75) is 18.7 Å². The van der Waals surface area contributed by atoms with Crippen LogP contribution in [0, 0.1) is 13.8 Å². The van der Waals surface area contributed by atoms with Gasteiger partial charge in [-0.2, -0.15) is 0 Å². The molecular formula is C30H27N3O3S2. The molecule has 4 rings (SSSR count). The zero-order valence-corrected chi connectivity index (χ0v) is 22.6. The Bertz CT molecular complexity index is 1450. The number of rotatable bonds is 9. The van der Waals surface area contributed by atoms with Gasteiger partial charge in [0.25, 0.3) is 11.8 Å². The predicted molar refractivity (Wildman–Crippen MR) is 157 cm³/mol. The van der Waals surface area contributed by atoms with E-state index < -0.39 is 5.91 Å². The monoisotopic (exact) mass is 541 g/mol. The molecule has 1 heterocycles. The van der Waals surface area contributed by atoms with E-state index in [0.29, 0.717) is 11.3 Å². The fourth-order valence-corrected chi connectivity index (χ4v) is 4.87. The molecule has 6 nitrogen and oxygen atoms in total. The number of thioether (sulfide) groups is 1. The van der Waals surface area contributed by atoms with E-state index in [1.165, 1.54) is 23.1 Å². The second-order valence-corrected chi connectivity index (χ2v) is 10.5. The van der Waals surface area contributed by atoms with Gasteiger partial charge in [0.05, 0.1) is 5.75 Å². The van der Waals surface area contributed by atoms with Crippen LogP contribution in [0.15, 0.2) is 101 Å². The lowest BCUT2D eigenvalue weighted by atomic mass is 10.1. The van der Waals surface area contributed by atoms with Gasteiger partial charge in [0.2, 0.25) is 5.91 Å². The lowest BCUT2D eigenvalue weighted by Crippen LogP contribution is -2.30. The molecule has 3 amide bonds. The molecule has 1 aromatic heterocycles. The summed E-state index contributed by atoms with van der Waals surface area (Å²) in [7, 11) is 0. The third kappa shape index (κ3) is 7.44. The predicted octanol–water partition coefficient (Wildman–Crippen LogP) is 6.51. The van der Waals surface area contributed by atoms with Gasteiger partial charge < -0.3 is 16.0 Å². The summed E-state index contributed by atoms with van der Waals surface area (Å²) in [5.41, 5.74) is 4.17. The van der Waals surface area contributed by atoms with Crippen LogP contribution in [0.4, 0.5) is 11.4 Å². The molecular weight excluding hydrogens is 514 g/mol. The number of nitrogens with one attached hydrogen (secondary N) is 3. The molecule has 4 aromatic rings. The van der Waals surface area contributed by atoms with E-state index in [4.69, 9.17) is 0 Å². The van der Waals surface area contributed by atoms with Crippen molar-refractivity contribution in [3.8, 4) is 0 Å². The molecule has 0 spiro atoms. The lowest BCUT2D eigenvalue weighted by molar-refractivity contribution is -0.114. The number of amides is 3. The van der Waals surface area contributed by atoms with E-state index in [2.05, 4.69) is 16.0 Å². The quantitative estimate of drug-likeness (QED) is 0.167. The Hall–Kier alpha value is -4.14. The average molecular weight is 542 g/mol. The number of hydrogen-bond donors (Lipinski definition) is 3.